The Morgan fingerprint density at radius 1 is 1.11 bits per heavy atom. The quantitative estimate of drug-likeness (QED) is 0.437. The van der Waals surface area contributed by atoms with Crippen LogP contribution < -0.4 is 16.0 Å². The average Bonchev–Trinajstić information content (AvgIpc) is 3.56. The first-order chi connectivity index (χ1) is 16.9. The Kier molecular flexibility index (Phi) is 7.97. The van der Waals surface area contributed by atoms with E-state index in [0.717, 1.165) is 41.8 Å². The highest BCUT2D eigenvalue weighted by molar-refractivity contribution is 7.09. The fourth-order valence-electron chi connectivity index (χ4n) is 4.42. The molecule has 3 N–H and O–H groups in total. The summed E-state index contributed by atoms with van der Waals surface area (Å²) in [7, 11) is 1.59. The topological polar surface area (TPSA) is 113 Å². The Bertz CT molecular complexity index is 1200. The lowest BCUT2D eigenvalue weighted by Crippen LogP contribution is -2.50. The summed E-state index contributed by atoms with van der Waals surface area (Å²) in [5.41, 5.74) is 2.09. The third-order valence-corrected chi connectivity index (χ3v) is 7.06. The van der Waals surface area contributed by atoms with E-state index in [9.17, 15) is 14.4 Å². The maximum Gasteiger partial charge on any atom is 0.287 e. The third kappa shape index (κ3) is 6.16. The number of benzene rings is 1. The molecule has 1 aromatic carbocycles. The molecule has 1 aliphatic carbocycles. The summed E-state index contributed by atoms with van der Waals surface area (Å²) >= 11 is 1.43. The van der Waals surface area contributed by atoms with Gasteiger partial charge in [0.25, 0.3) is 11.8 Å². The van der Waals surface area contributed by atoms with Crippen LogP contribution in [-0.2, 0) is 11.3 Å². The lowest BCUT2D eigenvalue weighted by Gasteiger charge is -2.29. The molecule has 0 saturated heterocycles. The van der Waals surface area contributed by atoms with E-state index in [0.29, 0.717) is 18.0 Å². The van der Waals surface area contributed by atoms with Crippen molar-refractivity contribution in [1.29, 1.82) is 0 Å². The van der Waals surface area contributed by atoms with Crippen molar-refractivity contribution in [2.24, 2.45) is 5.92 Å². The van der Waals surface area contributed by atoms with Crippen LogP contribution in [0.3, 0.4) is 0 Å². The van der Waals surface area contributed by atoms with Crippen molar-refractivity contribution in [3.8, 4) is 11.3 Å². The van der Waals surface area contributed by atoms with Gasteiger partial charge >= 0.3 is 0 Å². The van der Waals surface area contributed by atoms with E-state index in [1.54, 1.807) is 24.6 Å². The molecule has 1 aliphatic rings. The zero-order valence-corrected chi connectivity index (χ0v) is 20.7. The summed E-state index contributed by atoms with van der Waals surface area (Å²) in [5.74, 6) is 0.00874. The highest BCUT2D eigenvalue weighted by atomic mass is 32.1. The molecular formula is C26H30N4O4S. The van der Waals surface area contributed by atoms with E-state index in [2.05, 4.69) is 20.9 Å². The first kappa shape index (κ1) is 24.7. The van der Waals surface area contributed by atoms with Crippen LogP contribution in [0.25, 0.3) is 11.3 Å². The molecule has 9 heteroatoms. The highest BCUT2D eigenvalue weighted by Crippen LogP contribution is 2.28. The number of amides is 3. The summed E-state index contributed by atoms with van der Waals surface area (Å²) in [6.45, 7) is 2.20. The number of carbonyl (C=O) groups is 3. The number of carbonyl (C=O) groups excluding carboxylic acids is 3. The molecule has 3 amide bonds. The molecule has 184 valence electrons. The Balaban J connectivity index is 1.41. The number of aryl methyl sites for hydroxylation is 1. The molecule has 0 radical (unpaired) electrons. The monoisotopic (exact) mass is 494 g/mol. The fraction of sp³-hybridized carbons (Fsp3) is 0.385. The molecule has 3 aromatic rings. The number of nitrogens with one attached hydrogen (secondary N) is 3. The Hall–Kier alpha value is -3.46. The van der Waals surface area contributed by atoms with Crippen LogP contribution in [0.1, 0.15) is 63.7 Å². The molecule has 2 heterocycles. The van der Waals surface area contributed by atoms with Gasteiger partial charge in [-0.15, -0.1) is 11.3 Å². The predicted molar refractivity (Wildman–Crippen MR) is 134 cm³/mol. The van der Waals surface area contributed by atoms with E-state index in [-0.39, 0.29) is 23.5 Å². The number of aromatic nitrogens is 1. The van der Waals surface area contributed by atoms with Gasteiger partial charge in [0, 0.05) is 24.5 Å². The summed E-state index contributed by atoms with van der Waals surface area (Å²) in [6.07, 6.45) is 5.15. The number of nitrogens with zero attached hydrogens (tertiary/aromatic N) is 1. The number of hydrogen-bond acceptors (Lipinski definition) is 6. The molecule has 0 bridgehead atoms. The summed E-state index contributed by atoms with van der Waals surface area (Å²) in [6, 6.07) is 10.3. The minimum Gasteiger partial charge on any atom is -0.451 e. The van der Waals surface area contributed by atoms with Crippen LogP contribution in [0.4, 0.5) is 0 Å². The van der Waals surface area contributed by atoms with Gasteiger partial charge in [-0.1, -0.05) is 37.5 Å². The van der Waals surface area contributed by atoms with Crippen LogP contribution in [0.2, 0.25) is 0 Å². The molecule has 8 nitrogen and oxygen atoms in total. The lowest BCUT2D eigenvalue weighted by atomic mass is 9.83. The fourth-order valence-corrected chi connectivity index (χ4v) is 5.02. The molecule has 0 aliphatic heterocycles. The zero-order chi connectivity index (χ0) is 24.8. The second-order valence-corrected chi connectivity index (χ2v) is 9.82. The number of hydrogen-bond donors (Lipinski definition) is 3. The van der Waals surface area contributed by atoms with Crippen LogP contribution in [0.5, 0.6) is 0 Å². The standard InChI is InChI=1S/C26H30N4O4S/c1-16-29-20(15-35-16)24(31)28-14-17-7-6-10-19(13-17)21-11-12-22(34-21)25(32)30-23(26(33)27-2)18-8-4-3-5-9-18/h6-7,10-13,15,18,23H,3-5,8-9,14H2,1-2H3,(H,27,33)(H,28,31)(H,30,32)/t23-/m1/s1. The molecule has 0 unspecified atom stereocenters. The van der Waals surface area contributed by atoms with Crippen molar-refractivity contribution in [3.05, 3.63) is 63.8 Å². The normalized spacial score (nSPS) is 14.8. The first-order valence-corrected chi connectivity index (χ1v) is 12.7. The van der Waals surface area contributed by atoms with Crippen LogP contribution in [-0.4, -0.2) is 35.8 Å². The van der Waals surface area contributed by atoms with Crippen molar-refractivity contribution in [2.45, 2.75) is 51.6 Å². The second-order valence-electron chi connectivity index (χ2n) is 8.76. The van der Waals surface area contributed by atoms with Gasteiger partial charge in [0.05, 0.1) is 5.01 Å². The molecule has 1 fully saturated rings. The Morgan fingerprint density at radius 2 is 1.91 bits per heavy atom. The van der Waals surface area contributed by atoms with Crippen LogP contribution >= 0.6 is 11.3 Å². The smallest absolute Gasteiger partial charge is 0.287 e. The second kappa shape index (κ2) is 11.3. The van der Waals surface area contributed by atoms with Gasteiger partial charge in [-0.25, -0.2) is 4.98 Å². The van der Waals surface area contributed by atoms with Crippen LogP contribution in [0.15, 0.2) is 46.2 Å². The van der Waals surface area contributed by atoms with Gasteiger partial charge in [-0.05, 0) is 49.4 Å². The molecule has 1 atom stereocenters. The van der Waals surface area contributed by atoms with Crippen molar-refractivity contribution in [2.75, 3.05) is 7.05 Å². The summed E-state index contributed by atoms with van der Waals surface area (Å²) < 4.78 is 5.85. The van der Waals surface area contributed by atoms with Gasteiger partial charge in [0.2, 0.25) is 5.91 Å². The number of thiazole rings is 1. The van der Waals surface area contributed by atoms with Gasteiger partial charge in [0.1, 0.15) is 17.5 Å². The number of likely N-dealkylation sites (N-methyl/N-ethyl adjacent to an activating group) is 1. The highest BCUT2D eigenvalue weighted by Gasteiger charge is 2.31. The minimum absolute atomic E-state index is 0.127. The van der Waals surface area contributed by atoms with Gasteiger partial charge < -0.3 is 20.4 Å². The van der Waals surface area contributed by atoms with Gasteiger partial charge in [-0.2, -0.15) is 0 Å². The van der Waals surface area contributed by atoms with Crippen molar-refractivity contribution in [1.82, 2.24) is 20.9 Å². The van der Waals surface area contributed by atoms with Crippen molar-refractivity contribution < 1.29 is 18.8 Å². The summed E-state index contributed by atoms with van der Waals surface area (Å²) in [5, 5.41) is 11.0. The minimum atomic E-state index is -0.574. The van der Waals surface area contributed by atoms with Gasteiger partial charge in [-0.3, -0.25) is 14.4 Å². The maximum absolute atomic E-state index is 12.9. The average molecular weight is 495 g/mol. The molecule has 2 aromatic heterocycles. The van der Waals surface area contributed by atoms with Crippen molar-refractivity contribution >= 4 is 29.1 Å². The largest absolute Gasteiger partial charge is 0.451 e. The van der Waals surface area contributed by atoms with Crippen molar-refractivity contribution in [3.63, 3.8) is 0 Å². The number of furan rings is 1. The molecule has 35 heavy (non-hydrogen) atoms. The number of rotatable bonds is 8. The Labute approximate surface area is 208 Å². The predicted octanol–water partition coefficient (Wildman–Crippen LogP) is 4.07. The Morgan fingerprint density at radius 3 is 2.63 bits per heavy atom. The van der Waals surface area contributed by atoms with Gasteiger partial charge in [0.15, 0.2) is 5.76 Å². The molecule has 0 spiro atoms. The SMILES string of the molecule is CNC(=O)[C@H](NC(=O)c1ccc(-c2cccc(CNC(=O)c3csc(C)n3)c2)o1)C1CCCCC1. The lowest BCUT2D eigenvalue weighted by molar-refractivity contribution is -0.124. The summed E-state index contributed by atoms with van der Waals surface area (Å²) in [4.78, 5) is 41.8. The van der Waals surface area contributed by atoms with E-state index < -0.39 is 11.9 Å². The zero-order valence-electron chi connectivity index (χ0n) is 19.9. The van der Waals surface area contributed by atoms with Crippen LogP contribution in [0, 0.1) is 12.8 Å². The van der Waals surface area contributed by atoms with E-state index >= 15 is 0 Å². The molecule has 4 rings (SSSR count). The first-order valence-electron chi connectivity index (χ1n) is 11.9. The van der Waals surface area contributed by atoms with E-state index in [1.807, 2.05) is 31.2 Å². The third-order valence-electron chi connectivity index (χ3n) is 6.28. The molecular weight excluding hydrogens is 464 g/mol. The molecule has 1 saturated carbocycles. The maximum atomic E-state index is 12.9. The van der Waals surface area contributed by atoms with E-state index in [1.165, 1.54) is 17.8 Å². The van der Waals surface area contributed by atoms with E-state index in [4.69, 9.17) is 4.42 Å².